The summed E-state index contributed by atoms with van der Waals surface area (Å²) in [5, 5.41) is 4.86. The molecule has 1 aromatic carbocycles. The fraction of sp³-hybridized carbons (Fsp3) is 0.375. The highest BCUT2D eigenvalue weighted by Crippen LogP contribution is 2.37. The number of aryl methyl sites for hydroxylation is 1. The van der Waals surface area contributed by atoms with E-state index in [0.717, 1.165) is 0 Å². The van der Waals surface area contributed by atoms with Crippen LogP contribution in [-0.2, 0) is 0 Å². The van der Waals surface area contributed by atoms with Crippen LogP contribution in [0, 0.1) is 12.8 Å². The van der Waals surface area contributed by atoms with Gasteiger partial charge in [0.25, 0.3) is 5.91 Å². The van der Waals surface area contributed by atoms with E-state index in [0.29, 0.717) is 45.1 Å². The lowest BCUT2D eigenvalue weighted by molar-refractivity contribution is 0.0778. The second-order valence-electron chi connectivity index (χ2n) is 5.64. The molecule has 0 atom stereocenters. The highest BCUT2D eigenvalue weighted by atomic mass is 35.5. The number of carbonyl (C=O) groups excluding carboxylic acids is 1. The number of hydrogen-bond acceptors (Lipinski definition) is 3. The van der Waals surface area contributed by atoms with E-state index < -0.39 is 0 Å². The molecular weight excluding hydrogens is 323 g/mol. The van der Waals surface area contributed by atoms with Gasteiger partial charge in [-0.2, -0.15) is 0 Å². The molecule has 22 heavy (non-hydrogen) atoms. The smallest absolute Gasteiger partial charge is 0.259 e. The first-order valence-corrected chi connectivity index (χ1v) is 7.74. The molecule has 0 bridgehead atoms. The Balaban J connectivity index is 2.51. The summed E-state index contributed by atoms with van der Waals surface area (Å²) in [7, 11) is 1.76. The van der Waals surface area contributed by atoms with Crippen molar-refractivity contribution in [3.8, 4) is 11.3 Å². The topological polar surface area (TPSA) is 46.3 Å². The van der Waals surface area contributed by atoms with E-state index in [4.69, 9.17) is 27.7 Å². The van der Waals surface area contributed by atoms with Crippen LogP contribution in [0.4, 0.5) is 0 Å². The molecule has 0 unspecified atom stereocenters. The molecular formula is C16H18Cl2N2O2. The van der Waals surface area contributed by atoms with Crippen molar-refractivity contribution in [2.45, 2.75) is 20.8 Å². The van der Waals surface area contributed by atoms with Gasteiger partial charge in [0.15, 0.2) is 0 Å². The molecule has 2 rings (SSSR count). The number of amides is 1. The Morgan fingerprint density at radius 2 is 1.91 bits per heavy atom. The summed E-state index contributed by atoms with van der Waals surface area (Å²) in [5.41, 5.74) is 1.30. The lowest BCUT2D eigenvalue weighted by atomic mass is 10.0. The minimum Gasteiger partial charge on any atom is -0.360 e. The third-order valence-corrected chi connectivity index (χ3v) is 3.89. The molecule has 1 heterocycles. The number of rotatable bonds is 4. The van der Waals surface area contributed by atoms with Gasteiger partial charge in [0.05, 0.1) is 10.0 Å². The number of carbonyl (C=O) groups is 1. The Labute approximate surface area is 140 Å². The van der Waals surface area contributed by atoms with Crippen molar-refractivity contribution in [1.82, 2.24) is 10.1 Å². The monoisotopic (exact) mass is 340 g/mol. The number of halogens is 2. The summed E-state index contributed by atoms with van der Waals surface area (Å²) in [6, 6.07) is 5.16. The zero-order chi connectivity index (χ0) is 16.4. The fourth-order valence-corrected chi connectivity index (χ4v) is 2.92. The van der Waals surface area contributed by atoms with Crippen LogP contribution in [0.3, 0.4) is 0 Å². The molecule has 0 N–H and O–H groups in total. The van der Waals surface area contributed by atoms with E-state index in [1.54, 1.807) is 37.1 Å². The van der Waals surface area contributed by atoms with Crippen molar-refractivity contribution >= 4 is 29.1 Å². The minimum absolute atomic E-state index is 0.154. The van der Waals surface area contributed by atoms with Gasteiger partial charge in [0.1, 0.15) is 17.0 Å². The summed E-state index contributed by atoms with van der Waals surface area (Å²) < 4.78 is 5.22. The molecule has 6 heteroatoms. The molecule has 0 saturated carbocycles. The average molecular weight is 341 g/mol. The van der Waals surface area contributed by atoms with Crippen molar-refractivity contribution in [2.24, 2.45) is 5.92 Å². The zero-order valence-electron chi connectivity index (χ0n) is 13.0. The molecule has 0 radical (unpaired) electrons. The predicted octanol–water partition coefficient (Wildman–Crippen LogP) is 4.68. The maximum absolute atomic E-state index is 12.7. The maximum atomic E-state index is 12.7. The first-order valence-electron chi connectivity index (χ1n) is 6.99. The lowest BCUT2D eigenvalue weighted by Crippen LogP contribution is -2.30. The van der Waals surface area contributed by atoms with Crippen molar-refractivity contribution in [1.29, 1.82) is 0 Å². The van der Waals surface area contributed by atoms with Crippen LogP contribution >= 0.6 is 23.2 Å². The second-order valence-corrected chi connectivity index (χ2v) is 6.45. The van der Waals surface area contributed by atoms with Gasteiger partial charge in [-0.15, -0.1) is 0 Å². The molecule has 0 aliphatic rings. The Bertz CT molecular complexity index is 675. The lowest BCUT2D eigenvalue weighted by Gasteiger charge is -2.19. The third kappa shape index (κ3) is 3.28. The molecule has 0 fully saturated rings. The normalized spacial score (nSPS) is 11.0. The van der Waals surface area contributed by atoms with Gasteiger partial charge >= 0.3 is 0 Å². The Morgan fingerprint density at radius 1 is 1.32 bits per heavy atom. The first-order chi connectivity index (χ1) is 10.3. The predicted molar refractivity (Wildman–Crippen MR) is 88.5 cm³/mol. The van der Waals surface area contributed by atoms with Crippen LogP contribution in [0.1, 0.15) is 30.0 Å². The third-order valence-electron chi connectivity index (χ3n) is 3.26. The Hall–Kier alpha value is -1.52. The first kappa shape index (κ1) is 16.8. The number of aromatic nitrogens is 1. The molecule has 1 amide bonds. The maximum Gasteiger partial charge on any atom is 0.259 e. The van der Waals surface area contributed by atoms with E-state index in [2.05, 4.69) is 19.0 Å². The van der Waals surface area contributed by atoms with Crippen LogP contribution in [0.2, 0.25) is 10.0 Å². The SMILES string of the molecule is Cc1onc(-c2c(Cl)cccc2Cl)c1C(=O)N(C)CC(C)C. The summed E-state index contributed by atoms with van der Waals surface area (Å²) >= 11 is 12.4. The van der Waals surface area contributed by atoms with Gasteiger partial charge < -0.3 is 9.42 Å². The molecule has 0 aliphatic heterocycles. The van der Waals surface area contributed by atoms with Crippen LogP contribution in [0.15, 0.2) is 22.7 Å². The molecule has 2 aromatic rings. The van der Waals surface area contributed by atoms with Crippen LogP contribution in [-0.4, -0.2) is 29.6 Å². The molecule has 118 valence electrons. The summed E-state index contributed by atoms with van der Waals surface area (Å²) in [5.74, 6) is 0.659. The van der Waals surface area contributed by atoms with Crippen molar-refractivity contribution < 1.29 is 9.32 Å². The standard InChI is InChI=1S/C16H18Cl2N2O2/c1-9(2)8-20(4)16(21)13-10(3)22-19-15(13)14-11(17)6-5-7-12(14)18/h5-7,9H,8H2,1-4H3. The van der Waals surface area contributed by atoms with Crippen molar-refractivity contribution in [3.05, 3.63) is 39.6 Å². The Morgan fingerprint density at radius 3 is 2.45 bits per heavy atom. The van der Waals surface area contributed by atoms with Gasteiger partial charge in [-0.3, -0.25) is 4.79 Å². The van der Waals surface area contributed by atoms with Crippen molar-refractivity contribution in [2.75, 3.05) is 13.6 Å². The largest absolute Gasteiger partial charge is 0.360 e. The van der Waals surface area contributed by atoms with Crippen LogP contribution in [0.5, 0.6) is 0 Å². The summed E-state index contributed by atoms with van der Waals surface area (Å²) in [6.07, 6.45) is 0. The molecule has 1 aromatic heterocycles. The van der Waals surface area contributed by atoms with Gasteiger partial charge in [-0.1, -0.05) is 48.3 Å². The highest BCUT2D eigenvalue weighted by molar-refractivity contribution is 6.39. The number of benzene rings is 1. The van der Waals surface area contributed by atoms with E-state index >= 15 is 0 Å². The van der Waals surface area contributed by atoms with E-state index in [1.165, 1.54) is 0 Å². The van der Waals surface area contributed by atoms with Gasteiger partial charge in [-0.25, -0.2) is 0 Å². The second kappa shape index (κ2) is 6.71. The van der Waals surface area contributed by atoms with E-state index in [9.17, 15) is 4.79 Å². The van der Waals surface area contributed by atoms with Gasteiger partial charge in [0, 0.05) is 19.2 Å². The average Bonchev–Trinajstić information content (AvgIpc) is 2.78. The van der Waals surface area contributed by atoms with Gasteiger partial charge in [0.2, 0.25) is 0 Å². The number of hydrogen-bond donors (Lipinski definition) is 0. The fourth-order valence-electron chi connectivity index (χ4n) is 2.34. The Kier molecular flexibility index (Phi) is 5.14. The molecule has 0 spiro atoms. The molecule has 0 saturated heterocycles. The summed E-state index contributed by atoms with van der Waals surface area (Å²) in [6.45, 7) is 6.45. The quantitative estimate of drug-likeness (QED) is 0.811. The van der Waals surface area contributed by atoms with Crippen LogP contribution in [0.25, 0.3) is 11.3 Å². The van der Waals surface area contributed by atoms with Crippen LogP contribution < -0.4 is 0 Å². The zero-order valence-corrected chi connectivity index (χ0v) is 14.5. The van der Waals surface area contributed by atoms with Gasteiger partial charge in [-0.05, 0) is 25.0 Å². The summed E-state index contributed by atoms with van der Waals surface area (Å²) in [4.78, 5) is 14.4. The minimum atomic E-state index is -0.154. The van der Waals surface area contributed by atoms with Crippen molar-refractivity contribution in [3.63, 3.8) is 0 Å². The molecule has 0 aliphatic carbocycles. The molecule has 4 nitrogen and oxygen atoms in total. The highest BCUT2D eigenvalue weighted by Gasteiger charge is 2.27. The van der Waals surface area contributed by atoms with E-state index in [1.807, 2.05) is 0 Å². The number of nitrogens with zero attached hydrogens (tertiary/aromatic N) is 2. The van der Waals surface area contributed by atoms with E-state index in [-0.39, 0.29) is 5.91 Å².